The number of hydrogen-bond donors (Lipinski definition) is 1. The highest BCUT2D eigenvalue weighted by Gasteiger charge is 2.33. The Kier molecular flexibility index (Phi) is 4.61. The molecule has 0 spiro atoms. The molecule has 1 N–H and O–H groups in total. The number of hydrogen-bond acceptors (Lipinski definition) is 3. The van der Waals surface area contributed by atoms with Gasteiger partial charge in [0.1, 0.15) is 12.6 Å². The Hall–Kier alpha value is -2.04. The molecule has 1 amide bonds. The zero-order valence-corrected chi connectivity index (χ0v) is 11.7. The zero-order valence-electron chi connectivity index (χ0n) is 11.7. The van der Waals surface area contributed by atoms with Gasteiger partial charge in [0.2, 0.25) is 5.91 Å². The predicted molar refractivity (Wildman–Crippen MR) is 76.7 cm³/mol. The van der Waals surface area contributed by atoms with Crippen molar-refractivity contribution in [1.82, 2.24) is 4.90 Å². The number of carboxylic acid groups (broad SMARTS) is 1. The van der Waals surface area contributed by atoms with E-state index in [9.17, 15) is 9.59 Å². The topological polar surface area (TPSA) is 60.9 Å². The van der Waals surface area contributed by atoms with Gasteiger partial charge in [0.25, 0.3) is 0 Å². The first-order valence-electron chi connectivity index (χ1n) is 6.95. The van der Waals surface area contributed by atoms with Crippen molar-refractivity contribution in [2.75, 3.05) is 24.5 Å². The number of carboxylic acids is 1. The van der Waals surface area contributed by atoms with Gasteiger partial charge in [-0.05, 0) is 31.9 Å². The Morgan fingerprint density at radius 2 is 2.10 bits per heavy atom. The summed E-state index contributed by atoms with van der Waals surface area (Å²) in [6.07, 6.45) is 1.62. The van der Waals surface area contributed by atoms with E-state index in [-0.39, 0.29) is 18.5 Å². The molecule has 1 fully saturated rings. The molecule has 1 atom stereocenters. The number of anilines is 1. The van der Waals surface area contributed by atoms with Crippen molar-refractivity contribution in [2.45, 2.75) is 25.8 Å². The van der Waals surface area contributed by atoms with Gasteiger partial charge in [0.15, 0.2) is 0 Å². The van der Waals surface area contributed by atoms with Crippen molar-refractivity contribution >= 4 is 17.6 Å². The molecule has 0 bridgehead atoms. The molecule has 20 heavy (non-hydrogen) atoms. The maximum atomic E-state index is 12.5. The van der Waals surface area contributed by atoms with Crippen LogP contribution in [0.2, 0.25) is 0 Å². The van der Waals surface area contributed by atoms with Crippen LogP contribution >= 0.6 is 0 Å². The van der Waals surface area contributed by atoms with E-state index < -0.39 is 5.97 Å². The number of carbonyl (C=O) groups is 2. The second-order valence-corrected chi connectivity index (χ2v) is 4.93. The van der Waals surface area contributed by atoms with Gasteiger partial charge in [-0.1, -0.05) is 18.2 Å². The Bertz CT molecular complexity index is 475. The molecule has 108 valence electrons. The van der Waals surface area contributed by atoms with E-state index in [1.165, 1.54) is 4.90 Å². The van der Waals surface area contributed by atoms with E-state index in [4.69, 9.17) is 5.11 Å². The number of carbonyl (C=O) groups excluding carboxylic acids is 1. The Morgan fingerprint density at radius 1 is 1.40 bits per heavy atom. The summed E-state index contributed by atoms with van der Waals surface area (Å²) >= 11 is 0. The number of rotatable bonds is 5. The summed E-state index contributed by atoms with van der Waals surface area (Å²) in [5.74, 6) is -1.04. The minimum atomic E-state index is -0.957. The third-order valence-corrected chi connectivity index (χ3v) is 3.63. The summed E-state index contributed by atoms with van der Waals surface area (Å²) in [5.41, 5.74) is 1.01. The van der Waals surface area contributed by atoms with Gasteiger partial charge >= 0.3 is 5.97 Å². The first-order valence-corrected chi connectivity index (χ1v) is 6.95. The molecule has 1 aromatic carbocycles. The van der Waals surface area contributed by atoms with Gasteiger partial charge in [0.05, 0.1) is 0 Å². The highest BCUT2D eigenvalue weighted by atomic mass is 16.4. The molecule has 2 rings (SSSR count). The average Bonchev–Trinajstić information content (AvgIpc) is 2.44. The number of piperidine rings is 1. The number of likely N-dealkylation sites (N-methyl/N-ethyl adjacent to an activating group) is 1. The monoisotopic (exact) mass is 276 g/mol. The highest BCUT2D eigenvalue weighted by molar-refractivity contribution is 5.88. The summed E-state index contributed by atoms with van der Waals surface area (Å²) in [7, 11) is 0. The van der Waals surface area contributed by atoms with E-state index in [1.54, 1.807) is 0 Å². The van der Waals surface area contributed by atoms with Crippen LogP contribution in [0.4, 0.5) is 5.69 Å². The van der Waals surface area contributed by atoms with Crippen molar-refractivity contribution in [3.05, 3.63) is 30.3 Å². The Balaban J connectivity index is 2.17. The molecule has 0 saturated carbocycles. The third-order valence-electron chi connectivity index (χ3n) is 3.63. The molecule has 5 nitrogen and oxygen atoms in total. The van der Waals surface area contributed by atoms with E-state index in [0.717, 1.165) is 25.1 Å². The van der Waals surface area contributed by atoms with E-state index >= 15 is 0 Å². The minimum Gasteiger partial charge on any atom is -0.480 e. The maximum Gasteiger partial charge on any atom is 0.323 e. The van der Waals surface area contributed by atoms with Gasteiger partial charge < -0.3 is 14.9 Å². The van der Waals surface area contributed by atoms with Crippen molar-refractivity contribution in [3.63, 3.8) is 0 Å². The second kappa shape index (κ2) is 6.41. The fourth-order valence-corrected chi connectivity index (χ4v) is 2.73. The van der Waals surface area contributed by atoms with Crippen molar-refractivity contribution in [1.29, 1.82) is 0 Å². The van der Waals surface area contributed by atoms with Gasteiger partial charge in [0, 0.05) is 18.8 Å². The van der Waals surface area contributed by atoms with Gasteiger partial charge in [-0.25, -0.2) is 0 Å². The van der Waals surface area contributed by atoms with Crippen LogP contribution in [0.3, 0.4) is 0 Å². The van der Waals surface area contributed by atoms with Crippen molar-refractivity contribution in [2.24, 2.45) is 0 Å². The number of likely N-dealkylation sites (tertiary alicyclic amines) is 1. The number of benzene rings is 1. The van der Waals surface area contributed by atoms with Crippen LogP contribution in [0.5, 0.6) is 0 Å². The summed E-state index contributed by atoms with van der Waals surface area (Å²) < 4.78 is 0. The van der Waals surface area contributed by atoms with Crippen LogP contribution in [0, 0.1) is 0 Å². The molecule has 0 aromatic heterocycles. The maximum absolute atomic E-state index is 12.5. The summed E-state index contributed by atoms with van der Waals surface area (Å²) in [5, 5.41) is 8.88. The number of aliphatic carboxylic acids is 1. The van der Waals surface area contributed by atoms with E-state index in [2.05, 4.69) is 4.90 Å². The molecule has 1 saturated heterocycles. The van der Waals surface area contributed by atoms with Crippen LogP contribution in [-0.4, -0.2) is 47.6 Å². The number of para-hydroxylation sites is 1. The Labute approximate surface area is 118 Å². The lowest BCUT2D eigenvalue weighted by molar-refractivity contribution is -0.146. The number of amides is 1. The average molecular weight is 276 g/mol. The van der Waals surface area contributed by atoms with E-state index in [1.807, 2.05) is 37.3 Å². The van der Waals surface area contributed by atoms with Gasteiger partial charge in [-0.2, -0.15) is 0 Å². The quantitative estimate of drug-likeness (QED) is 0.887. The lowest BCUT2D eigenvalue weighted by Crippen LogP contribution is -2.53. The molecule has 5 heteroatoms. The fourth-order valence-electron chi connectivity index (χ4n) is 2.73. The standard InChI is InChI=1S/C15H20N2O3/c1-2-17(12-7-4-3-5-8-12)13-9-6-10-16(15(13)20)11-14(18)19/h3-5,7-8,13H,2,6,9-11H2,1H3,(H,18,19). The minimum absolute atomic E-state index is 0.0793. The molecule has 1 unspecified atom stereocenters. The first kappa shape index (κ1) is 14.4. The molecular weight excluding hydrogens is 256 g/mol. The normalized spacial score (nSPS) is 18.9. The lowest BCUT2D eigenvalue weighted by atomic mass is 10.0. The predicted octanol–water partition coefficient (Wildman–Crippen LogP) is 1.59. The molecule has 1 heterocycles. The zero-order chi connectivity index (χ0) is 14.5. The van der Waals surface area contributed by atoms with Crippen LogP contribution < -0.4 is 4.90 Å². The van der Waals surface area contributed by atoms with Crippen LogP contribution in [-0.2, 0) is 9.59 Å². The largest absolute Gasteiger partial charge is 0.480 e. The Morgan fingerprint density at radius 3 is 2.70 bits per heavy atom. The summed E-state index contributed by atoms with van der Waals surface area (Å²) in [6.45, 7) is 3.06. The van der Waals surface area contributed by atoms with Gasteiger partial charge in [-0.15, -0.1) is 0 Å². The number of nitrogens with zero attached hydrogens (tertiary/aromatic N) is 2. The summed E-state index contributed by atoms with van der Waals surface area (Å²) in [4.78, 5) is 26.8. The SMILES string of the molecule is CCN(c1ccccc1)C1CCCN(CC(=O)O)C1=O. The molecule has 1 aliphatic heterocycles. The molecular formula is C15H20N2O3. The van der Waals surface area contributed by atoms with Gasteiger partial charge in [-0.3, -0.25) is 9.59 Å². The molecule has 0 aliphatic carbocycles. The van der Waals surface area contributed by atoms with E-state index in [0.29, 0.717) is 6.54 Å². The molecule has 0 radical (unpaired) electrons. The second-order valence-electron chi connectivity index (χ2n) is 4.93. The van der Waals surface area contributed by atoms with Crippen molar-refractivity contribution < 1.29 is 14.7 Å². The fraction of sp³-hybridized carbons (Fsp3) is 0.467. The van der Waals surface area contributed by atoms with Crippen LogP contribution in [0.15, 0.2) is 30.3 Å². The van der Waals surface area contributed by atoms with Crippen LogP contribution in [0.25, 0.3) is 0 Å². The smallest absolute Gasteiger partial charge is 0.323 e. The molecule has 1 aliphatic rings. The lowest BCUT2D eigenvalue weighted by Gasteiger charge is -2.38. The van der Waals surface area contributed by atoms with Crippen LogP contribution in [0.1, 0.15) is 19.8 Å². The highest BCUT2D eigenvalue weighted by Crippen LogP contribution is 2.23. The molecule has 1 aromatic rings. The third kappa shape index (κ3) is 3.10. The summed E-state index contributed by atoms with van der Waals surface area (Å²) in [6, 6.07) is 9.53. The first-order chi connectivity index (χ1) is 9.63. The van der Waals surface area contributed by atoms with Crippen molar-refractivity contribution in [3.8, 4) is 0 Å².